The third-order valence-corrected chi connectivity index (χ3v) is 4.74. The van der Waals surface area contributed by atoms with Crippen molar-refractivity contribution in [2.24, 2.45) is 0 Å². The molecule has 0 saturated carbocycles. The highest BCUT2D eigenvalue weighted by Gasteiger charge is 2.48. The molecule has 3 atom stereocenters. The molecule has 1 saturated heterocycles. The van der Waals surface area contributed by atoms with Gasteiger partial charge in [0.2, 0.25) is 0 Å². The largest absolute Gasteiger partial charge is 0.379 e. The molecule has 1 N–H and O–H groups in total. The van der Waals surface area contributed by atoms with Crippen LogP contribution < -0.4 is 5.32 Å². The van der Waals surface area contributed by atoms with Crippen LogP contribution in [0.1, 0.15) is 29.3 Å². The van der Waals surface area contributed by atoms with Crippen LogP contribution >= 0.6 is 15.9 Å². The van der Waals surface area contributed by atoms with E-state index in [1.54, 1.807) is 6.07 Å². The first kappa shape index (κ1) is 15.0. The first-order chi connectivity index (χ1) is 10.2. The van der Waals surface area contributed by atoms with E-state index in [1.807, 2.05) is 25.1 Å². The second-order valence-electron chi connectivity index (χ2n) is 5.09. The van der Waals surface area contributed by atoms with Gasteiger partial charge in [-0.05, 0) is 19.4 Å². The van der Waals surface area contributed by atoms with E-state index < -0.39 is 5.91 Å². The lowest BCUT2D eigenvalue weighted by molar-refractivity contribution is -0.284. The maximum absolute atomic E-state index is 12.2. The standard InChI is InChI=1S/C15H18BrNO4/c1-2-20-15(21-13-9-19-8-7-12(13)16)11-6-4-3-5-10(11)14(18)17-15/h3-6,12-13H,2,7-9H2,1H3,(H,17,18)/t12-,13-,15?/m1/s1. The Bertz CT molecular complexity index is 538. The van der Waals surface area contributed by atoms with E-state index in [0.717, 1.165) is 12.0 Å². The molecule has 1 fully saturated rings. The Labute approximate surface area is 132 Å². The summed E-state index contributed by atoms with van der Waals surface area (Å²) < 4.78 is 17.4. The number of halogens is 1. The Morgan fingerprint density at radius 2 is 2.29 bits per heavy atom. The number of hydrogen-bond donors (Lipinski definition) is 1. The third-order valence-electron chi connectivity index (χ3n) is 3.69. The molecule has 1 aromatic carbocycles. The summed E-state index contributed by atoms with van der Waals surface area (Å²) in [6.45, 7) is 3.49. The smallest absolute Gasteiger partial charge is 0.281 e. The average molecular weight is 356 g/mol. The summed E-state index contributed by atoms with van der Waals surface area (Å²) in [6, 6.07) is 7.34. The molecule has 21 heavy (non-hydrogen) atoms. The quantitative estimate of drug-likeness (QED) is 0.664. The molecular formula is C15H18BrNO4. The zero-order chi connectivity index (χ0) is 14.9. The number of carbonyl (C=O) groups is 1. The summed E-state index contributed by atoms with van der Waals surface area (Å²) in [5.41, 5.74) is 1.32. The fourth-order valence-electron chi connectivity index (χ4n) is 2.70. The van der Waals surface area contributed by atoms with Crippen LogP contribution in [0, 0.1) is 0 Å². The zero-order valence-corrected chi connectivity index (χ0v) is 13.4. The first-order valence-corrected chi connectivity index (χ1v) is 8.03. The van der Waals surface area contributed by atoms with Crippen molar-refractivity contribution in [3.8, 4) is 0 Å². The normalized spacial score (nSPS) is 31.8. The first-order valence-electron chi connectivity index (χ1n) is 7.12. The van der Waals surface area contributed by atoms with Crippen LogP contribution in [0.25, 0.3) is 0 Å². The number of rotatable bonds is 4. The van der Waals surface area contributed by atoms with E-state index in [9.17, 15) is 4.79 Å². The van der Waals surface area contributed by atoms with Gasteiger partial charge in [-0.2, -0.15) is 0 Å². The zero-order valence-electron chi connectivity index (χ0n) is 11.8. The predicted molar refractivity (Wildman–Crippen MR) is 80.2 cm³/mol. The summed E-state index contributed by atoms with van der Waals surface area (Å²) in [5.74, 6) is -1.40. The molecule has 0 bridgehead atoms. The molecule has 0 aliphatic carbocycles. The number of carbonyl (C=O) groups excluding carboxylic acids is 1. The molecule has 1 unspecified atom stereocenters. The summed E-state index contributed by atoms with van der Waals surface area (Å²) in [5, 5.41) is 2.84. The Balaban J connectivity index is 1.92. The minimum atomic E-state index is -1.22. The molecule has 0 radical (unpaired) electrons. The average Bonchev–Trinajstić information content (AvgIpc) is 2.76. The summed E-state index contributed by atoms with van der Waals surface area (Å²) in [7, 11) is 0. The molecular weight excluding hydrogens is 338 g/mol. The van der Waals surface area contributed by atoms with Gasteiger partial charge in [0, 0.05) is 23.6 Å². The van der Waals surface area contributed by atoms with Crippen LogP contribution in [0.5, 0.6) is 0 Å². The number of nitrogens with one attached hydrogen (secondary N) is 1. The number of benzene rings is 1. The Hall–Kier alpha value is -0.950. The van der Waals surface area contributed by atoms with Crippen molar-refractivity contribution >= 4 is 21.8 Å². The van der Waals surface area contributed by atoms with Crippen LogP contribution in [0.4, 0.5) is 0 Å². The van der Waals surface area contributed by atoms with Crippen molar-refractivity contribution < 1.29 is 19.0 Å². The molecule has 1 aromatic rings. The van der Waals surface area contributed by atoms with E-state index in [0.29, 0.717) is 25.4 Å². The summed E-state index contributed by atoms with van der Waals surface area (Å²) >= 11 is 3.62. The Kier molecular flexibility index (Phi) is 4.31. The van der Waals surface area contributed by atoms with E-state index in [-0.39, 0.29) is 16.8 Å². The van der Waals surface area contributed by atoms with Crippen molar-refractivity contribution in [3.63, 3.8) is 0 Å². The number of alkyl halides is 1. The van der Waals surface area contributed by atoms with Crippen molar-refractivity contribution in [1.82, 2.24) is 5.32 Å². The van der Waals surface area contributed by atoms with Crippen molar-refractivity contribution in [2.45, 2.75) is 30.2 Å². The number of fused-ring (bicyclic) bond motifs is 1. The summed E-state index contributed by atoms with van der Waals surface area (Å²) in [4.78, 5) is 12.3. The van der Waals surface area contributed by atoms with E-state index in [4.69, 9.17) is 14.2 Å². The van der Waals surface area contributed by atoms with Gasteiger partial charge < -0.3 is 14.2 Å². The highest BCUT2D eigenvalue weighted by Crippen LogP contribution is 2.36. The van der Waals surface area contributed by atoms with E-state index in [2.05, 4.69) is 21.2 Å². The molecule has 2 aliphatic heterocycles. The monoisotopic (exact) mass is 355 g/mol. The molecule has 0 spiro atoms. The van der Waals surface area contributed by atoms with E-state index in [1.165, 1.54) is 0 Å². The van der Waals surface area contributed by atoms with E-state index >= 15 is 0 Å². The van der Waals surface area contributed by atoms with Crippen LogP contribution in [-0.2, 0) is 20.1 Å². The lowest BCUT2D eigenvalue weighted by Crippen LogP contribution is -2.50. The van der Waals surface area contributed by atoms with Gasteiger partial charge in [0.1, 0.15) is 0 Å². The van der Waals surface area contributed by atoms with Gasteiger partial charge in [-0.3, -0.25) is 10.1 Å². The maximum atomic E-state index is 12.2. The highest BCUT2D eigenvalue weighted by atomic mass is 79.9. The molecule has 3 rings (SSSR count). The molecule has 2 heterocycles. The van der Waals surface area contributed by atoms with Gasteiger partial charge >= 0.3 is 0 Å². The SMILES string of the molecule is CCOC1(O[C@@H]2COCC[C@H]2Br)NC(=O)c2ccccc21. The molecule has 1 amide bonds. The van der Waals surface area contributed by atoms with Crippen molar-refractivity contribution in [2.75, 3.05) is 19.8 Å². The molecule has 114 valence electrons. The predicted octanol–water partition coefficient (Wildman–Crippen LogP) is 2.15. The summed E-state index contributed by atoms with van der Waals surface area (Å²) in [6.07, 6.45) is 0.680. The van der Waals surface area contributed by atoms with Gasteiger partial charge in [0.25, 0.3) is 11.8 Å². The Morgan fingerprint density at radius 3 is 3.05 bits per heavy atom. The number of ether oxygens (including phenoxy) is 3. The van der Waals surface area contributed by atoms with Crippen molar-refractivity contribution in [3.05, 3.63) is 35.4 Å². The maximum Gasteiger partial charge on any atom is 0.281 e. The van der Waals surface area contributed by atoms with Crippen LogP contribution in [0.15, 0.2) is 24.3 Å². The fourth-order valence-corrected chi connectivity index (χ4v) is 3.15. The minimum Gasteiger partial charge on any atom is -0.379 e. The van der Waals surface area contributed by atoms with Crippen molar-refractivity contribution in [1.29, 1.82) is 0 Å². The second kappa shape index (κ2) is 6.04. The lowest BCUT2D eigenvalue weighted by Gasteiger charge is -2.37. The number of hydrogen-bond acceptors (Lipinski definition) is 4. The third kappa shape index (κ3) is 2.73. The lowest BCUT2D eigenvalue weighted by atomic mass is 10.1. The fraction of sp³-hybridized carbons (Fsp3) is 0.533. The Morgan fingerprint density at radius 1 is 1.48 bits per heavy atom. The van der Waals surface area contributed by atoms with Gasteiger partial charge in [0.05, 0.1) is 18.3 Å². The van der Waals surface area contributed by atoms with Gasteiger partial charge in [0.15, 0.2) is 0 Å². The second-order valence-corrected chi connectivity index (χ2v) is 6.26. The highest BCUT2D eigenvalue weighted by molar-refractivity contribution is 9.09. The van der Waals surface area contributed by atoms with Crippen LogP contribution in [-0.4, -0.2) is 36.7 Å². The molecule has 5 nitrogen and oxygen atoms in total. The molecule has 2 aliphatic rings. The molecule has 0 aromatic heterocycles. The van der Waals surface area contributed by atoms with Gasteiger partial charge in [-0.1, -0.05) is 34.1 Å². The van der Waals surface area contributed by atoms with Gasteiger partial charge in [-0.15, -0.1) is 0 Å². The minimum absolute atomic E-state index is 0.174. The number of amides is 1. The van der Waals surface area contributed by atoms with Gasteiger partial charge in [-0.25, -0.2) is 0 Å². The van der Waals surface area contributed by atoms with Crippen LogP contribution in [0.2, 0.25) is 0 Å². The molecule has 6 heteroatoms. The topological polar surface area (TPSA) is 56.8 Å². The van der Waals surface area contributed by atoms with Crippen LogP contribution in [0.3, 0.4) is 0 Å².